The number of thioether (sulfide) groups is 1. The molecular formula is C20H14ClF3N2O5S. The smallest absolute Gasteiger partial charge is 0.294 e. The molecule has 3 rings (SSSR count). The number of halogens is 4. The Morgan fingerprint density at radius 3 is 2.66 bits per heavy atom. The quantitative estimate of drug-likeness (QED) is 0.460. The van der Waals surface area contributed by atoms with Crippen LogP contribution in [0.5, 0.6) is 11.5 Å². The number of hydrogen-bond donors (Lipinski definition) is 2. The summed E-state index contributed by atoms with van der Waals surface area (Å²) in [6, 6.07) is 4.20. The van der Waals surface area contributed by atoms with Gasteiger partial charge in [0.1, 0.15) is 6.54 Å². The number of ether oxygens (including phenoxy) is 1. The summed E-state index contributed by atoms with van der Waals surface area (Å²) in [5, 5.41) is 11.1. The molecule has 3 amide bonds. The highest BCUT2D eigenvalue weighted by atomic mass is 35.5. The van der Waals surface area contributed by atoms with Crippen molar-refractivity contribution in [3.63, 3.8) is 0 Å². The molecule has 0 unspecified atom stereocenters. The largest absolute Gasteiger partial charge is 0.503 e. The van der Waals surface area contributed by atoms with Gasteiger partial charge < -0.3 is 15.2 Å². The standard InChI is InChI=1S/C20H14ClF3N2O5S/c1-2-31-13-6-9(5-10(21)18(13)28)7-14-19(29)26(20(30)32-14)8-15(27)25-12-4-3-11(22)16(23)17(12)24/h3-7,28H,2,8H2,1H3,(H,25,27)/b14-7-. The van der Waals surface area contributed by atoms with Crippen LogP contribution in [-0.2, 0) is 9.59 Å². The summed E-state index contributed by atoms with van der Waals surface area (Å²) in [6.07, 6.45) is 1.33. The Hall–Kier alpha value is -3.18. The number of carbonyl (C=O) groups is 3. The van der Waals surface area contributed by atoms with E-state index in [2.05, 4.69) is 0 Å². The number of hydrogen-bond acceptors (Lipinski definition) is 6. The summed E-state index contributed by atoms with van der Waals surface area (Å²) >= 11 is 6.50. The predicted octanol–water partition coefficient (Wildman–Crippen LogP) is 4.54. The number of carbonyl (C=O) groups excluding carboxylic acids is 3. The average molecular weight is 487 g/mol. The minimum absolute atomic E-state index is 0.0330. The number of nitrogens with zero attached hydrogens (tertiary/aromatic N) is 1. The number of anilines is 1. The first-order valence-electron chi connectivity index (χ1n) is 8.96. The maximum Gasteiger partial charge on any atom is 0.294 e. The number of phenols is 1. The summed E-state index contributed by atoms with van der Waals surface area (Å²) in [5.41, 5.74) is -0.284. The van der Waals surface area contributed by atoms with Gasteiger partial charge in [-0.3, -0.25) is 19.3 Å². The second kappa shape index (κ2) is 9.53. The van der Waals surface area contributed by atoms with Gasteiger partial charge in [0.2, 0.25) is 5.91 Å². The molecular weight excluding hydrogens is 473 g/mol. The molecule has 1 aliphatic heterocycles. The second-order valence-electron chi connectivity index (χ2n) is 6.32. The lowest BCUT2D eigenvalue weighted by Gasteiger charge is -2.13. The van der Waals surface area contributed by atoms with Crippen molar-refractivity contribution in [3.8, 4) is 11.5 Å². The Bertz CT molecular complexity index is 1160. The van der Waals surface area contributed by atoms with Crippen LogP contribution in [0.2, 0.25) is 5.02 Å². The molecule has 0 radical (unpaired) electrons. The highest BCUT2D eigenvalue weighted by molar-refractivity contribution is 8.18. The van der Waals surface area contributed by atoms with Crippen LogP contribution in [0, 0.1) is 17.5 Å². The monoisotopic (exact) mass is 486 g/mol. The molecule has 2 aromatic carbocycles. The van der Waals surface area contributed by atoms with Gasteiger partial charge in [-0.05, 0) is 54.6 Å². The van der Waals surface area contributed by atoms with E-state index in [1.807, 2.05) is 5.32 Å². The van der Waals surface area contributed by atoms with Crippen LogP contribution in [0.1, 0.15) is 12.5 Å². The van der Waals surface area contributed by atoms with Crippen LogP contribution < -0.4 is 10.1 Å². The van der Waals surface area contributed by atoms with Crippen molar-refractivity contribution in [2.45, 2.75) is 6.92 Å². The normalized spacial score (nSPS) is 14.9. The van der Waals surface area contributed by atoms with Crippen molar-refractivity contribution in [2.24, 2.45) is 0 Å². The van der Waals surface area contributed by atoms with Crippen molar-refractivity contribution in [1.82, 2.24) is 4.90 Å². The zero-order valence-corrected chi connectivity index (χ0v) is 17.8. The minimum Gasteiger partial charge on any atom is -0.503 e. The molecule has 0 aromatic heterocycles. The summed E-state index contributed by atoms with van der Waals surface area (Å²) in [5.74, 6) is -6.80. The molecule has 12 heteroatoms. The Morgan fingerprint density at radius 1 is 1.25 bits per heavy atom. The first-order chi connectivity index (χ1) is 15.1. The average Bonchev–Trinajstić information content (AvgIpc) is 2.99. The van der Waals surface area contributed by atoms with Crippen molar-refractivity contribution in [1.29, 1.82) is 0 Å². The van der Waals surface area contributed by atoms with Crippen LogP contribution in [0.25, 0.3) is 6.08 Å². The van der Waals surface area contributed by atoms with Crippen molar-refractivity contribution in [3.05, 3.63) is 57.2 Å². The summed E-state index contributed by atoms with van der Waals surface area (Å²) in [6.45, 7) is 1.17. The van der Waals surface area contributed by atoms with E-state index in [1.165, 1.54) is 18.2 Å². The molecule has 0 bridgehead atoms. The van der Waals surface area contributed by atoms with Crippen molar-refractivity contribution < 1.29 is 37.4 Å². The van der Waals surface area contributed by atoms with Gasteiger partial charge in [0.25, 0.3) is 11.1 Å². The third-order valence-electron chi connectivity index (χ3n) is 4.13. The second-order valence-corrected chi connectivity index (χ2v) is 7.72. The molecule has 0 saturated carbocycles. The number of aromatic hydroxyl groups is 1. The molecule has 1 heterocycles. The van der Waals surface area contributed by atoms with Gasteiger partial charge in [0.15, 0.2) is 29.0 Å². The number of amides is 3. The van der Waals surface area contributed by atoms with Gasteiger partial charge in [0.05, 0.1) is 22.2 Å². The fraction of sp³-hybridized carbons (Fsp3) is 0.150. The van der Waals surface area contributed by atoms with E-state index in [0.717, 1.165) is 6.07 Å². The lowest BCUT2D eigenvalue weighted by molar-refractivity contribution is -0.127. The molecule has 1 fully saturated rings. The van der Waals surface area contributed by atoms with E-state index in [4.69, 9.17) is 16.3 Å². The summed E-state index contributed by atoms with van der Waals surface area (Å²) in [4.78, 5) is 37.5. The molecule has 1 saturated heterocycles. The molecule has 0 atom stereocenters. The van der Waals surface area contributed by atoms with Crippen LogP contribution in [0.4, 0.5) is 23.7 Å². The van der Waals surface area contributed by atoms with Crippen molar-refractivity contribution >= 4 is 52.2 Å². The van der Waals surface area contributed by atoms with E-state index in [9.17, 15) is 32.7 Å². The van der Waals surface area contributed by atoms with Gasteiger partial charge in [-0.2, -0.15) is 0 Å². The fourth-order valence-electron chi connectivity index (χ4n) is 2.69. The number of benzene rings is 2. The molecule has 168 valence electrons. The molecule has 1 aliphatic rings. The van der Waals surface area contributed by atoms with E-state index in [0.29, 0.717) is 28.3 Å². The number of rotatable bonds is 6. The number of nitrogens with one attached hydrogen (secondary N) is 1. The minimum atomic E-state index is -1.77. The van der Waals surface area contributed by atoms with Gasteiger partial charge in [-0.1, -0.05) is 11.6 Å². The maximum absolute atomic E-state index is 13.7. The van der Waals surface area contributed by atoms with E-state index in [1.54, 1.807) is 6.92 Å². The van der Waals surface area contributed by atoms with E-state index < -0.39 is 46.7 Å². The van der Waals surface area contributed by atoms with Crippen LogP contribution >= 0.6 is 23.4 Å². The topological polar surface area (TPSA) is 95.9 Å². The van der Waals surface area contributed by atoms with E-state index in [-0.39, 0.29) is 28.0 Å². The van der Waals surface area contributed by atoms with Gasteiger partial charge in [-0.15, -0.1) is 0 Å². The summed E-state index contributed by atoms with van der Waals surface area (Å²) in [7, 11) is 0. The molecule has 32 heavy (non-hydrogen) atoms. The molecule has 0 aliphatic carbocycles. The SMILES string of the molecule is CCOc1cc(/C=C2\SC(=O)N(CC(=O)Nc3ccc(F)c(F)c3F)C2=O)cc(Cl)c1O. The predicted molar refractivity (Wildman–Crippen MR) is 112 cm³/mol. The molecule has 2 aromatic rings. The van der Waals surface area contributed by atoms with Gasteiger partial charge in [0, 0.05) is 0 Å². The van der Waals surface area contributed by atoms with Crippen molar-refractivity contribution in [2.75, 3.05) is 18.5 Å². The zero-order chi connectivity index (χ0) is 23.6. The molecule has 0 spiro atoms. The van der Waals surface area contributed by atoms with E-state index >= 15 is 0 Å². The van der Waals surface area contributed by atoms with Gasteiger partial charge >= 0.3 is 0 Å². The Kier molecular flexibility index (Phi) is 6.99. The molecule has 2 N–H and O–H groups in total. The highest BCUT2D eigenvalue weighted by Gasteiger charge is 2.36. The highest BCUT2D eigenvalue weighted by Crippen LogP contribution is 2.38. The fourth-order valence-corrected chi connectivity index (χ4v) is 3.74. The zero-order valence-electron chi connectivity index (χ0n) is 16.2. The third kappa shape index (κ3) is 4.83. The lowest BCUT2D eigenvalue weighted by Crippen LogP contribution is -2.36. The van der Waals surface area contributed by atoms with Gasteiger partial charge in [-0.25, -0.2) is 13.2 Å². The Morgan fingerprint density at radius 2 is 1.97 bits per heavy atom. The number of phenolic OH excluding ortho intramolecular Hbond substituents is 1. The maximum atomic E-state index is 13.7. The van der Waals surface area contributed by atoms with Crippen LogP contribution in [-0.4, -0.2) is 40.2 Å². The molecule has 7 nitrogen and oxygen atoms in total. The number of imide groups is 1. The van der Waals surface area contributed by atoms with Crippen LogP contribution in [0.15, 0.2) is 29.2 Å². The van der Waals surface area contributed by atoms with Crippen LogP contribution in [0.3, 0.4) is 0 Å². The Balaban J connectivity index is 1.76. The Labute approximate surface area is 188 Å². The first-order valence-corrected chi connectivity index (χ1v) is 10.2. The summed E-state index contributed by atoms with van der Waals surface area (Å²) < 4.78 is 45.3. The lowest BCUT2D eigenvalue weighted by atomic mass is 10.2. The third-order valence-corrected chi connectivity index (χ3v) is 5.33. The first kappa shape index (κ1) is 23.5.